The molecule has 1 atom stereocenters. The van der Waals surface area contributed by atoms with Gasteiger partial charge in [0, 0.05) is 18.8 Å². The molecular formula is C13H22N2O3S. The molecule has 0 bridgehead atoms. The van der Waals surface area contributed by atoms with Crippen molar-refractivity contribution < 1.29 is 14.7 Å². The summed E-state index contributed by atoms with van der Waals surface area (Å²) in [5.74, 6) is 2.73. The van der Waals surface area contributed by atoms with Crippen molar-refractivity contribution in [2.75, 3.05) is 24.6 Å². The molecule has 0 heterocycles. The van der Waals surface area contributed by atoms with Gasteiger partial charge in [-0.3, -0.25) is 4.79 Å². The molecule has 2 amide bonds. The zero-order chi connectivity index (χ0) is 14.7. The van der Waals surface area contributed by atoms with Crippen LogP contribution in [0.5, 0.6) is 0 Å². The number of nitrogens with one attached hydrogen (secondary N) is 2. The summed E-state index contributed by atoms with van der Waals surface area (Å²) in [7, 11) is 0. The van der Waals surface area contributed by atoms with Crippen molar-refractivity contribution in [3.8, 4) is 12.3 Å². The molecule has 108 valence electrons. The van der Waals surface area contributed by atoms with Crippen molar-refractivity contribution in [2.45, 2.75) is 20.3 Å². The van der Waals surface area contributed by atoms with E-state index in [1.165, 1.54) is 0 Å². The molecule has 1 unspecified atom stereocenters. The van der Waals surface area contributed by atoms with Crippen LogP contribution in [0.25, 0.3) is 0 Å². The van der Waals surface area contributed by atoms with Gasteiger partial charge in [-0.1, -0.05) is 19.8 Å². The normalized spacial score (nSPS) is 11.7. The lowest BCUT2D eigenvalue weighted by molar-refractivity contribution is -0.142. The first-order valence-corrected chi connectivity index (χ1v) is 7.38. The molecule has 3 N–H and O–H groups in total. The number of terminal acetylenes is 1. The maximum absolute atomic E-state index is 11.4. The van der Waals surface area contributed by atoms with E-state index in [-0.39, 0.29) is 18.5 Å². The fourth-order valence-electron chi connectivity index (χ4n) is 1.49. The largest absolute Gasteiger partial charge is 0.481 e. The van der Waals surface area contributed by atoms with Gasteiger partial charge in [0.2, 0.25) is 0 Å². The van der Waals surface area contributed by atoms with E-state index in [9.17, 15) is 9.59 Å². The molecule has 5 nitrogen and oxygen atoms in total. The summed E-state index contributed by atoms with van der Waals surface area (Å²) in [6.45, 7) is 4.58. The van der Waals surface area contributed by atoms with Gasteiger partial charge in [0.05, 0.1) is 11.7 Å². The van der Waals surface area contributed by atoms with E-state index in [2.05, 4.69) is 16.6 Å². The third-order valence-corrected chi connectivity index (χ3v) is 3.20. The standard InChI is InChI=1S/C13H22N2O3S/c1-4-6-19-7-5-14-13(18)15-9-11(12(16)17)8-10(2)3/h1,10-11H,5-9H2,2-3H3,(H,16,17)(H2,14,15,18). The maximum Gasteiger partial charge on any atom is 0.314 e. The summed E-state index contributed by atoms with van der Waals surface area (Å²) in [4.78, 5) is 22.4. The molecule has 0 aromatic rings. The third kappa shape index (κ3) is 10.3. The molecule has 0 aliphatic heterocycles. The molecule has 0 radical (unpaired) electrons. The average Bonchev–Trinajstić information content (AvgIpc) is 2.33. The van der Waals surface area contributed by atoms with Crippen molar-refractivity contribution in [3.63, 3.8) is 0 Å². The molecule has 0 fully saturated rings. The monoisotopic (exact) mass is 286 g/mol. The molecule has 19 heavy (non-hydrogen) atoms. The lowest BCUT2D eigenvalue weighted by Crippen LogP contribution is -2.41. The number of carbonyl (C=O) groups is 2. The Bertz CT molecular complexity index is 326. The number of thioether (sulfide) groups is 1. The highest BCUT2D eigenvalue weighted by molar-refractivity contribution is 7.99. The van der Waals surface area contributed by atoms with Crippen molar-refractivity contribution in [3.05, 3.63) is 0 Å². The van der Waals surface area contributed by atoms with Gasteiger partial charge < -0.3 is 15.7 Å². The van der Waals surface area contributed by atoms with Gasteiger partial charge in [-0.05, 0) is 12.3 Å². The number of carboxylic acids is 1. The number of carboxylic acid groups (broad SMARTS) is 1. The van der Waals surface area contributed by atoms with Gasteiger partial charge in [0.25, 0.3) is 0 Å². The van der Waals surface area contributed by atoms with Crippen LogP contribution < -0.4 is 10.6 Å². The second kappa shape index (κ2) is 10.6. The second-order valence-electron chi connectivity index (χ2n) is 4.56. The van der Waals surface area contributed by atoms with E-state index in [1.807, 2.05) is 13.8 Å². The molecular weight excluding hydrogens is 264 g/mol. The Hall–Kier alpha value is -1.35. The molecule has 0 rings (SSSR count). The number of urea groups is 1. The summed E-state index contributed by atoms with van der Waals surface area (Å²) in [6.07, 6.45) is 5.64. The Morgan fingerprint density at radius 1 is 1.37 bits per heavy atom. The van der Waals surface area contributed by atoms with Gasteiger partial charge in [-0.25, -0.2) is 4.79 Å². The fourth-order valence-corrected chi connectivity index (χ4v) is 2.00. The number of rotatable bonds is 9. The van der Waals surface area contributed by atoms with E-state index < -0.39 is 11.9 Å². The maximum atomic E-state index is 11.4. The molecule has 6 heteroatoms. The molecule has 0 saturated carbocycles. The average molecular weight is 286 g/mol. The zero-order valence-corrected chi connectivity index (χ0v) is 12.3. The van der Waals surface area contributed by atoms with Crippen LogP contribution in [0.15, 0.2) is 0 Å². The predicted molar refractivity (Wildman–Crippen MR) is 78.1 cm³/mol. The minimum Gasteiger partial charge on any atom is -0.481 e. The molecule has 0 aromatic carbocycles. The van der Waals surface area contributed by atoms with Gasteiger partial charge in [-0.2, -0.15) is 0 Å². The predicted octanol–water partition coefficient (Wildman–Crippen LogP) is 1.40. The Labute approximate surface area is 118 Å². The van der Waals surface area contributed by atoms with Crippen LogP contribution in [-0.2, 0) is 4.79 Å². The number of amides is 2. The SMILES string of the molecule is C#CCSCCNC(=O)NCC(CC(C)C)C(=O)O. The number of carbonyl (C=O) groups excluding carboxylic acids is 1. The Balaban J connectivity index is 3.80. The highest BCUT2D eigenvalue weighted by Crippen LogP contribution is 2.10. The Morgan fingerprint density at radius 3 is 2.58 bits per heavy atom. The minimum atomic E-state index is -0.876. The molecule has 0 aromatic heterocycles. The van der Waals surface area contributed by atoms with Crippen LogP contribution in [-0.4, -0.2) is 41.7 Å². The van der Waals surface area contributed by atoms with E-state index >= 15 is 0 Å². The first kappa shape index (κ1) is 17.6. The van der Waals surface area contributed by atoms with E-state index in [1.54, 1.807) is 11.8 Å². The van der Waals surface area contributed by atoms with Crippen molar-refractivity contribution in [2.24, 2.45) is 11.8 Å². The van der Waals surface area contributed by atoms with Crippen molar-refractivity contribution >= 4 is 23.8 Å². The van der Waals surface area contributed by atoms with E-state index in [0.717, 1.165) is 5.75 Å². The topological polar surface area (TPSA) is 78.4 Å². The minimum absolute atomic E-state index is 0.150. The number of hydrogen-bond acceptors (Lipinski definition) is 3. The lowest BCUT2D eigenvalue weighted by atomic mass is 9.97. The van der Waals surface area contributed by atoms with Crippen molar-refractivity contribution in [1.82, 2.24) is 10.6 Å². The molecule has 0 aliphatic carbocycles. The lowest BCUT2D eigenvalue weighted by Gasteiger charge is -2.15. The van der Waals surface area contributed by atoms with Crippen LogP contribution in [0.1, 0.15) is 20.3 Å². The molecule has 0 aliphatic rings. The Morgan fingerprint density at radius 2 is 2.05 bits per heavy atom. The summed E-state index contributed by atoms with van der Waals surface area (Å²) in [6, 6.07) is -0.337. The molecule has 0 saturated heterocycles. The van der Waals surface area contributed by atoms with Crippen LogP contribution in [0.2, 0.25) is 0 Å². The fraction of sp³-hybridized carbons (Fsp3) is 0.692. The van der Waals surface area contributed by atoms with E-state index in [0.29, 0.717) is 18.7 Å². The first-order chi connectivity index (χ1) is 8.97. The van der Waals surface area contributed by atoms with Gasteiger partial charge in [0.15, 0.2) is 0 Å². The van der Waals surface area contributed by atoms with Crippen LogP contribution in [0.4, 0.5) is 4.79 Å². The first-order valence-electron chi connectivity index (χ1n) is 6.23. The summed E-state index contributed by atoms with van der Waals surface area (Å²) in [5.41, 5.74) is 0. The number of aliphatic carboxylic acids is 1. The zero-order valence-electron chi connectivity index (χ0n) is 11.4. The summed E-state index contributed by atoms with van der Waals surface area (Å²) in [5, 5.41) is 14.3. The van der Waals surface area contributed by atoms with E-state index in [4.69, 9.17) is 11.5 Å². The van der Waals surface area contributed by atoms with Crippen molar-refractivity contribution in [1.29, 1.82) is 0 Å². The van der Waals surface area contributed by atoms with Gasteiger partial charge >= 0.3 is 12.0 Å². The van der Waals surface area contributed by atoms with Gasteiger partial charge in [-0.15, -0.1) is 18.2 Å². The highest BCUT2D eigenvalue weighted by atomic mass is 32.2. The van der Waals surface area contributed by atoms with Crippen LogP contribution in [0.3, 0.4) is 0 Å². The Kier molecular flexibility index (Phi) is 9.81. The second-order valence-corrected chi connectivity index (χ2v) is 5.66. The molecule has 0 spiro atoms. The quantitative estimate of drug-likeness (QED) is 0.442. The van der Waals surface area contributed by atoms with Crippen LogP contribution >= 0.6 is 11.8 Å². The number of hydrogen-bond donors (Lipinski definition) is 3. The third-order valence-electron chi connectivity index (χ3n) is 2.33. The van der Waals surface area contributed by atoms with Gasteiger partial charge in [0.1, 0.15) is 0 Å². The van der Waals surface area contributed by atoms with Crippen LogP contribution in [0, 0.1) is 24.2 Å². The smallest absolute Gasteiger partial charge is 0.314 e. The summed E-state index contributed by atoms with van der Waals surface area (Å²) >= 11 is 1.56. The summed E-state index contributed by atoms with van der Waals surface area (Å²) < 4.78 is 0. The highest BCUT2D eigenvalue weighted by Gasteiger charge is 2.19.